The lowest BCUT2D eigenvalue weighted by atomic mass is 10.1. The van der Waals surface area contributed by atoms with Gasteiger partial charge in [-0.2, -0.15) is 20.4 Å². The molecule has 1 fully saturated rings. The van der Waals surface area contributed by atoms with E-state index in [-0.39, 0.29) is 59.0 Å². The van der Waals surface area contributed by atoms with Gasteiger partial charge in [-0.1, -0.05) is 47.6 Å². The van der Waals surface area contributed by atoms with E-state index >= 15 is 0 Å². The van der Waals surface area contributed by atoms with Crippen LogP contribution in [0.2, 0.25) is 0 Å². The van der Waals surface area contributed by atoms with Crippen LogP contribution < -0.4 is 31.9 Å². The number of nitrogens with one attached hydrogen (secondary N) is 14. The van der Waals surface area contributed by atoms with Gasteiger partial charge in [0.1, 0.15) is 50.6 Å². The van der Waals surface area contributed by atoms with Crippen LogP contribution in [0.4, 0.5) is 17.1 Å². The SMILES string of the molecule is CCC(=O)Cc1ccc(-c2cnc3n[nH]c(-c4nc5c(C(=O)NC)cncc5[nH]4)c3c2)cn1.CCC(=O)Nc1cncc(-c2cnc3n[nH]c(-c4nc5c(C(=O)N6CCOCC6)cncc5[nH]4)c3c2)c1.CNC(=O)c1cncc2[nH]c(-c3[nH]nc4ncc(-c5cncc(NC(=O)C(C)C)c5)cc34)nc12.CNC(=O)c1cncc2[nH]c(-c3[nH]nc4ncc(-c5cncc(NC(=O)CC(C)C)c5)cc34)nc12. The molecule has 44 nitrogen and oxygen atoms in total. The fraction of sp³-hybridized carbons (Fsp3) is 0.200. The first-order valence-electron chi connectivity index (χ1n) is 44.0. The fourth-order valence-electron chi connectivity index (χ4n) is 15.3. The molecule has 0 aliphatic carbocycles. The van der Waals surface area contributed by atoms with Gasteiger partial charge in [-0.05, 0) is 54.4 Å². The minimum absolute atomic E-state index is 0.0554. The van der Waals surface area contributed by atoms with E-state index in [1.807, 2.05) is 89.2 Å². The van der Waals surface area contributed by atoms with E-state index in [2.05, 4.69) is 167 Å². The summed E-state index contributed by atoms with van der Waals surface area (Å²) in [4.78, 5) is 182. The number of morpholine rings is 1. The second kappa shape index (κ2) is 39.7. The number of Topliss-reactive ketones (excluding diaryl/α,β-unsaturated/α-hetero) is 1. The summed E-state index contributed by atoms with van der Waals surface area (Å²) < 4.78 is 5.37. The van der Waals surface area contributed by atoms with Crippen molar-refractivity contribution in [1.29, 1.82) is 0 Å². The number of hydrogen-bond acceptors (Lipinski definition) is 29. The number of aromatic amines is 8. The first-order valence-corrected chi connectivity index (χ1v) is 44.0. The zero-order chi connectivity index (χ0) is 96.6. The van der Waals surface area contributed by atoms with Crippen molar-refractivity contribution < 1.29 is 43.1 Å². The molecule has 696 valence electrons. The van der Waals surface area contributed by atoms with E-state index in [4.69, 9.17) is 9.72 Å². The Morgan fingerprint density at radius 1 is 0.374 bits per heavy atom. The number of ketones is 1. The van der Waals surface area contributed by atoms with Gasteiger partial charge < -0.3 is 61.5 Å². The summed E-state index contributed by atoms with van der Waals surface area (Å²) in [6, 6.07) is 17.1. The summed E-state index contributed by atoms with van der Waals surface area (Å²) in [5.74, 6) is 1.17. The molecular weight excluding hydrogens is 1780 g/mol. The average Bonchev–Trinajstić information content (AvgIpc) is 1.63. The molecule has 139 heavy (non-hydrogen) atoms. The van der Waals surface area contributed by atoms with Crippen LogP contribution in [0.25, 0.3) is 179 Å². The number of H-pyrrole nitrogens is 8. The van der Waals surface area contributed by atoms with Gasteiger partial charge in [-0.15, -0.1) is 0 Å². The minimum Gasteiger partial charge on any atom is -0.378 e. The van der Waals surface area contributed by atoms with Crippen molar-refractivity contribution in [2.45, 2.75) is 67.2 Å². The van der Waals surface area contributed by atoms with Gasteiger partial charge in [0, 0.05) is 190 Å². The predicted molar refractivity (Wildman–Crippen MR) is 516 cm³/mol. The number of amides is 7. The Bertz CT molecular complexity index is 8140. The van der Waals surface area contributed by atoms with E-state index in [9.17, 15) is 38.4 Å². The van der Waals surface area contributed by atoms with Crippen LogP contribution >= 0.6 is 0 Å². The summed E-state index contributed by atoms with van der Waals surface area (Å²) in [6.45, 7) is 13.4. The van der Waals surface area contributed by atoms with Crippen molar-refractivity contribution in [3.8, 4) is 90.6 Å². The Morgan fingerprint density at radius 3 is 1.06 bits per heavy atom. The van der Waals surface area contributed by atoms with Crippen LogP contribution in [-0.2, 0) is 30.3 Å². The van der Waals surface area contributed by atoms with Gasteiger partial charge in [-0.3, -0.25) is 98.6 Å². The third-order valence-electron chi connectivity index (χ3n) is 22.5. The second-order valence-electron chi connectivity index (χ2n) is 32.8. The number of ether oxygens (including phenoxy) is 1. The van der Waals surface area contributed by atoms with Gasteiger partial charge in [-0.25, -0.2) is 39.9 Å². The Kier molecular flexibility index (Phi) is 26.0. The number of fused-ring (bicyclic) bond motifs is 8. The molecule has 1 aliphatic heterocycles. The number of aromatic nitrogens is 28. The lowest BCUT2D eigenvalue weighted by Gasteiger charge is -2.26. The molecule has 21 rings (SSSR count). The highest BCUT2D eigenvalue weighted by Crippen LogP contribution is 2.37. The van der Waals surface area contributed by atoms with Gasteiger partial charge in [0.15, 0.2) is 45.9 Å². The van der Waals surface area contributed by atoms with Gasteiger partial charge >= 0.3 is 0 Å². The van der Waals surface area contributed by atoms with Gasteiger partial charge in [0.2, 0.25) is 17.7 Å². The maximum atomic E-state index is 13.2. The van der Waals surface area contributed by atoms with Crippen molar-refractivity contribution in [1.82, 2.24) is 161 Å². The van der Waals surface area contributed by atoms with Gasteiger partial charge in [0.25, 0.3) is 23.6 Å². The quantitative estimate of drug-likeness (QED) is 0.0300. The molecule has 20 aromatic rings. The molecule has 1 aliphatic rings. The smallest absolute Gasteiger partial charge is 0.257 e. The molecule has 0 bridgehead atoms. The van der Waals surface area contributed by atoms with E-state index < -0.39 is 0 Å². The molecular formula is C95H87N35O9. The topological polar surface area (TPSA) is 605 Å². The summed E-state index contributed by atoms with van der Waals surface area (Å²) in [5.41, 5.74) is 19.9. The highest BCUT2D eigenvalue weighted by molar-refractivity contribution is 6.10. The Morgan fingerprint density at radius 2 is 0.712 bits per heavy atom. The number of carbonyl (C=O) groups excluding carboxylic acids is 8. The van der Waals surface area contributed by atoms with E-state index in [0.29, 0.717) is 204 Å². The largest absolute Gasteiger partial charge is 0.378 e. The Hall–Kier alpha value is -18.5. The monoisotopic (exact) mass is 1860 g/mol. The van der Waals surface area contributed by atoms with E-state index in [1.165, 1.54) is 18.6 Å². The highest BCUT2D eigenvalue weighted by Gasteiger charge is 2.28. The predicted octanol–water partition coefficient (Wildman–Crippen LogP) is 11.8. The first kappa shape index (κ1) is 91.0. The summed E-state index contributed by atoms with van der Waals surface area (Å²) in [6.07, 6.45) is 32.7. The van der Waals surface area contributed by atoms with Crippen molar-refractivity contribution in [2.75, 3.05) is 63.4 Å². The number of pyridine rings is 12. The lowest BCUT2D eigenvalue weighted by molar-refractivity contribution is -0.119. The number of anilines is 3. The molecule has 14 N–H and O–H groups in total. The summed E-state index contributed by atoms with van der Waals surface area (Å²) in [7, 11) is 4.68. The normalized spacial score (nSPS) is 11.9. The van der Waals surface area contributed by atoms with Gasteiger partial charge in [0.05, 0.1) is 140 Å². The number of hydrogen-bond donors (Lipinski definition) is 14. The average molecular weight is 1860 g/mol. The zero-order valence-electron chi connectivity index (χ0n) is 76.0. The van der Waals surface area contributed by atoms with E-state index in [1.54, 1.807) is 132 Å². The first-order chi connectivity index (χ1) is 67.5. The molecule has 0 radical (unpaired) electrons. The molecule has 0 atom stereocenters. The lowest BCUT2D eigenvalue weighted by Crippen LogP contribution is -2.40. The van der Waals surface area contributed by atoms with Crippen LogP contribution in [0.15, 0.2) is 172 Å². The number of carbonyl (C=O) groups is 8. The Labute approximate surface area is 786 Å². The molecule has 21 heterocycles. The molecule has 0 aromatic carbocycles. The van der Waals surface area contributed by atoms with Crippen LogP contribution in [0.3, 0.4) is 0 Å². The van der Waals surface area contributed by atoms with Crippen LogP contribution in [0, 0.1) is 11.8 Å². The molecule has 20 aromatic heterocycles. The number of imidazole rings is 4. The minimum atomic E-state index is -0.272. The third-order valence-corrected chi connectivity index (χ3v) is 22.5. The van der Waals surface area contributed by atoms with Crippen LogP contribution in [0.1, 0.15) is 108 Å². The summed E-state index contributed by atoms with van der Waals surface area (Å²) >= 11 is 0. The van der Waals surface area contributed by atoms with Crippen LogP contribution in [-0.4, -0.2) is 240 Å². The second-order valence-corrected chi connectivity index (χ2v) is 32.8. The van der Waals surface area contributed by atoms with E-state index in [0.717, 1.165) is 71.7 Å². The summed E-state index contributed by atoms with van der Waals surface area (Å²) in [5, 5.41) is 48.5. The maximum absolute atomic E-state index is 13.2. The third kappa shape index (κ3) is 19.4. The highest BCUT2D eigenvalue weighted by atomic mass is 16.5. The molecule has 0 spiro atoms. The molecule has 7 amide bonds. The molecule has 1 saturated heterocycles. The Balaban J connectivity index is 0.000000123. The van der Waals surface area contributed by atoms with Crippen molar-refractivity contribution in [2.24, 2.45) is 11.8 Å². The van der Waals surface area contributed by atoms with Crippen molar-refractivity contribution in [3.63, 3.8) is 0 Å². The number of nitrogens with zero attached hydrogens (tertiary/aromatic N) is 21. The molecule has 44 heteroatoms. The maximum Gasteiger partial charge on any atom is 0.257 e. The number of rotatable bonds is 22. The van der Waals surface area contributed by atoms with Crippen LogP contribution in [0.5, 0.6) is 0 Å². The zero-order valence-corrected chi connectivity index (χ0v) is 76.0. The standard InChI is InChI=1S/C25H23N9O3.C24H23N9O2.C23H21N9O2.C23H20N8O2/c1-2-20(35)29-16-7-14(9-26-11-16)15-8-17-22(32-33-23(17)28-10-15)24-30-19-13-27-12-18(21(19)31-24)25(36)34-3-5-37-6-4-34;1-12(2)4-19(34)29-15-5-13(7-26-9-15)14-6-16-21(32-33-22(16)28-8-14)23-30-18-11-27-10-17(20(18)31-23)24(35)25-3;1-11(2)22(33)28-14-4-12(6-25-8-14)13-5-15-19(31-32-20(15)27-7-13)21-29-17-10-26-9-16(18(17)30-21)23(34)24-3;1-3-15(32)7-14-5-4-12(8-26-14)13-6-16-20(30-31-21(16)27-9-13)22-28-18-11-25-10-17(19(18)29-22)23(33)24-2/h7-13H,2-6H2,1H3,(H,29,35)(H,30,31)(H,28,32,33);5-12H,4H2,1-3H3,(H,25,35)(H,29,34)(H,30,31)(H,28,32,33);4-11H,1-3H3,(H,24,34)(H,28,33)(H,29,30)(H,27,31,32);4-6,8-11H,3,7H2,1-2H3,(H,24,33)(H,28,29)(H,27,30,31). The van der Waals surface area contributed by atoms with Crippen molar-refractivity contribution >= 4 is 152 Å². The molecule has 0 saturated carbocycles. The fourth-order valence-corrected chi connectivity index (χ4v) is 15.3. The van der Waals surface area contributed by atoms with Crippen molar-refractivity contribution in [3.05, 3.63) is 200 Å². The molecule has 0 unspecified atom stereocenters.